The number of ether oxygens (including phenoxy) is 1. The summed E-state index contributed by atoms with van der Waals surface area (Å²) in [5.41, 5.74) is 11.0. The van der Waals surface area contributed by atoms with E-state index in [2.05, 4.69) is 66.3 Å². The minimum atomic E-state index is -0.113. The van der Waals surface area contributed by atoms with Crippen LogP contribution in [0, 0.1) is 5.41 Å². The summed E-state index contributed by atoms with van der Waals surface area (Å²) in [5, 5.41) is 3.19. The maximum absolute atomic E-state index is 13.2. The second kappa shape index (κ2) is 13.5. The normalized spacial score (nSPS) is 13.7. The quantitative estimate of drug-likeness (QED) is 0.375. The first-order valence-corrected chi connectivity index (χ1v) is 14.0. The number of aromatic nitrogens is 1. The molecule has 212 valence electrons. The second-order valence-corrected chi connectivity index (χ2v) is 11.4. The first-order valence-electron chi connectivity index (χ1n) is 14.0. The Balaban J connectivity index is 1.61. The molecule has 0 atom stereocenters. The highest BCUT2D eigenvalue weighted by atomic mass is 16.5. The lowest BCUT2D eigenvalue weighted by molar-refractivity contribution is -0.117. The molecule has 1 saturated heterocycles. The highest BCUT2D eigenvalue weighted by Crippen LogP contribution is 2.33. The first kappa shape index (κ1) is 29.2. The van der Waals surface area contributed by atoms with Crippen LogP contribution in [0.5, 0.6) is 0 Å². The van der Waals surface area contributed by atoms with Crippen LogP contribution in [-0.4, -0.2) is 61.1 Å². The van der Waals surface area contributed by atoms with Crippen molar-refractivity contribution in [3.05, 3.63) is 78.1 Å². The molecule has 2 aromatic carbocycles. The molecule has 1 aromatic heterocycles. The van der Waals surface area contributed by atoms with Crippen LogP contribution in [0.3, 0.4) is 0 Å². The summed E-state index contributed by atoms with van der Waals surface area (Å²) in [4.78, 5) is 34.4. The highest BCUT2D eigenvalue weighted by Gasteiger charge is 2.21. The molecular formula is C32H41N5O3. The van der Waals surface area contributed by atoms with Gasteiger partial charge in [0.25, 0.3) is 5.91 Å². The van der Waals surface area contributed by atoms with Crippen molar-refractivity contribution in [1.29, 1.82) is 0 Å². The lowest BCUT2D eigenvalue weighted by atomic mass is 9.92. The number of amides is 2. The molecule has 3 aromatic rings. The van der Waals surface area contributed by atoms with Gasteiger partial charge in [0, 0.05) is 45.0 Å². The summed E-state index contributed by atoms with van der Waals surface area (Å²) in [6.45, 7) is 10.6. The summed E-state index contributed by atoms with van der Waals surface area (Å²) in [7, 11) is 0. The van der Waals surface area contributed by atoms with Gasteiger partial charge in [-0.1, -0.05) is 45.0 Å². The van der Waals surface area contributed by atoms with Crippen molar-refractivity contribution in [3.8, 4) is 11.1 Å². The molecule has 8 nitrogen and oxygen atoms in total. The van der Waals surface area contributed by atoms with E-state index in [-0.39, 0.29) is 17.2 Å². The monoisotopic (exact) mass is 543 g/mol. The number of nitrogens with zero attached hydrogens (tertiary/aromatic N) is 3. The standard InChI is InChI=1S/C32H41N5O3/c1-32(2,3)21-30(38)35-28-20-26(10-11-29(28)36-15-17-40-18-16-36)25-8-4-7-24(19-25)23-37(14-6-12-33)31(39)27-9-5-13-34-22-27/h4-5,7-11,13,19-20,22H,6,12,14-18,21,23,33H2,1-3H3,(H,35,38). The van der Waals surface area contributed by atoms with E-state index in [1.54, 1.807) is 24.5 Å². The number of hydrogen-bond acceptors (Lipinski definition) is 6. The molecule has 2 heterocycles. The molecule has 2 amide bonds. The second-order valence-electron chi connectivity index (χ2n) is 11.4. The van der Waals surface area contributed by atoms with Crippen LogP contribution in [0.4, 0.5) is 11.4 Å². The van der Waals surface area contributed by atoms with Gasteiger partial charge in [0.15, 0.2) is 0 Å². The fourth-order valence-electron chi connectivity index (χ4n) is 4.85. The number of hydrogen-bond donors (Lipinski definition) is 2. The SMILES string of the molecule is CC(C)(C)CC(=O)Nc1cc(-c2cccc(CN(CCCN)C(=O)c3cccnc3)c2)ccc1N1CCOCC1. The Kier molecular flexibility index (Phi) is 9.90. The third-order valence-electron chi connectivity index (χ3n) is 6.77. The largest absolute Gasteiger partial charge is 0.378 e. The van der Waals surface area contributed by atoms with E-state index in [4.69, 9.17) is 10.5 Å². The van der Waals surface area contributed by atoms with E-state index in [1.807, 2.05) is 17.0 Å². The van der Waals surface area contributed by atoms with E-state index < -0.39 is 0 Å². The molecule has 0 saturated carbocycles. The molecule has 1 aliphatic heterocycles. The number of anilines is 2. The molecule has 8 heteroatoms. The Morgan fingerprint density at radius 2 is 1.82 bits per heavy atom. The number of pyridine rings is 1. The Morgan fingerprint density at radius 3 is 2.52 bits per heavy atom. The van der Waals surface area contributed by atoms with Crippen molar-refractivity contribution in [3.63, 3.8) is 0 Å². The number of nitrogens with one attached hydrogen (secondary N) is 1. The van der Waals surface area contributed by atoms with Gasteiger partial charge >= 0.3 is 0 Å². The minimum Gasteiger partial charge on any atom is -0.378 e. The molecular weight excluding hydrogens is 502 g/mol. The number of carbonyl (C=O) groups excluding carboxylic acids is 2. The molecule has 0 radical (unpaired) electrons. The average Bonchev–Trinajstić information content (AvgIpc) is 2.95. The van der Waals surface area contributed by atoms with Gasteiger partial charge in [0.05, 0.1) is 30.2 Å². The van der Waals surface area contributed by atoms with Crippen LogP contribution in [0.2, 0.25) is 0 Å². The molecule has 0 aliphatic carbocycles. The predicted octanol–water partition coefficient (Wildman–Crippen LogP) is 4.95. The molecule has 1 aliphatic rings. The highest BCUT2D eigenvalue weighted by molar-refractivity contribution is 5.96. The summed E-state index contributed by atoms with van der Waals surface area (Å²) in [5.74, 6) is -0.0666. The van der Waals surface area contributed by atoms with E-state index >= 15 is 0 Å². The average molecular weight is 544 g/mol. The van der Waals surface area contributed by atoms with E-state index in [9.17, 15) is 9.59 Å². The van der Waals surface area contributed by atoms with Gasteiger partial charge in [-0.05, 0) is 65.4 Å². The third-order valence-corrected chi connectivity index (χ3v) is 6.77. The third kappa shape index (κ3) is 8.13. The van der Waals surface area contributed by atoms with E-state index in [0.717, 1.165) is 41.2 Å². The van der Waals surface area contributed by atoms with Crippen LogP contribution in [0.15, 0.2) is 67.0 Å². The Hall–Kier alpha value is -3.75. The van der Waals surface area contributed by atoms with Crippen molar-refractivity contribution >= 4 is 23.2 Å². The summed E-state index contributed by atoms with van der Waals surface area (Å²) < 4.78 is 5.55. The maximum Gasteiger partial charge on any atom is 0.255 e. The molecule has 4 rings (SSSR count). The minimum absolute atomic E-state index is 0.00244. The Morgan fingerprint density at radius 1 is 1.05 bits per heavy atom. The van der Waals surface area contributed by atoms with Gasteiger partial charge in [0.1, 0.15) is 0 Å². The van der Waals surface area contributed by atoms with Crippen molar-refractivity contribution in [2.75, 3.05) is 49.6 Å². The molecule has 3 N–H and O–H groups in total. The van der Waals surface area contributed by atoms with Crippen LogP contribution >= 0.6 is 0 Å². The lowest BCUT2D eigenvalue weighted by Crippen LogP contribution is -2.36. The van der Waals surface area contributed by atoms with Crippen molar-refractivity contribution < 1.29 is 14.3 Å². The Bertz CT molecular complexity index is 1280. The molecule has 1 fully saturated rings. The zero-order valence-corrected chi connectivity index (χ0v) is 23.9. The molecule has 0 spiro atoms. The number of rotatable bonds is 10. The van der Waals surface area contributed by atoms with Crippen LogP contribution in [0.25, 0.3) is 11.1 Å². The van der Waals surface area contributed by atoms with Crippen molar-refractivity contribution in [1.82, 2.24) is 9.88 Å². The van der Waals surface area contributed by atoms with Crippen LogP contribution in [0.1, 0.15) is 49.5 Å². The Labute approximate surface area is 237 Å². The predicted molar refractivity (Wildman–Crippen MR) is 160 cm³/mol. The lowest BCUT2D eigenvalue weighted by Gasteiger charge is -2.31. The molecule has 0 bridgehead atoms. The van der Waals surface area contributed by atoms with Crippen LogP contribution < -0.4 is 16.0 Å². The summed E-state index contributed by atoms with van der Waals surface area (Å²) >= 11 is 0. The van der Waals surface area contributed by atoms with E-state index in [1.165, 1.54) is 0 Å². The van der Waals surface area contributed by atoms with Gasteiger partial charge in [-0.3, -0.25) is 14.6 Å². The van der Waals surface area contributed by atoms with Gasteiger partial charge in [-0.15, -0.1) is 0 Å². The zero-order valence-electron chi connectivity index (χ0n) is 23.9. The molecule has 40 heavy (non-hydrogen) atoms. The summed E-state index contributed by atoms with van der Waals surface area (Å²) in [6, 6.07) is 18.0. The van der Waals surface area contributed by atoms with Crippen molar-refractivity contribution in [2.24, 2.45) is 11.1 Å². The first-order chi connectivity index (χ1) is 19.2. The summed E-state index contributed by atoms with van der Waals surface area (Å²) in [6.07, 6.45) is 4.40. The number of morpholine rings is 1. The van der Waals surface area contributed by atoms with Crippen molar-refractivity contribution in [2.45, 2.75) is 40.2 Å². The fourth-order valence-corrected chi connectivity index (χ4v) is 4.85. The number of nitrogens with two attached hydrogens (primary N) is 1. The molecule has 0 unspecified atom stereocenters. The number of carbonyl (C=O) groups is 2. The zero-order chi connectivity index (χ0) is 28.5. The van der Waals surface area contributed by atoms with Gasteiger partial charge in [-0.25, -0.2) is 0 Å². The number of benzene rings is 2. The van der Waals surface area contributed by atoms with E-state index in [0.29, 0.717) is 51.3 Å². The smallest absolute Gasteiger partial charge is 0.255 e. The van der Waals surface area contributed by atoms with Gasteiger partial charge in [-0.2, -0.15) is 0 Å². The fraction of sp³-hybridized carbons (Fsp3) is 0.406. The maximum atomic E-state index is 13.2. The van der Waals surface area contributed by atoms with Gasteiger partial charge < -0.3 is 25.6 Å². The van der Waals surface area contributed by atoms with Gasteiger partial charge in [0.2, 0.25) is 5.91 Å². The van der Waals surface area contributed by atoms with Crippen LogP contribution in [-0.2, 0) is 16.1 Å². The topological polar surface area (TPSA) is 101 Å².